The van der Waals surface area contributed by atoms with Gasteiger partial charge in [-0.1, -0.05) is 0 Å². The van der Waals surface area contributed by atoms with Crippen LogP contribution in [0, 0.1) is 0 Å². The van der Waals surface area contributed by atoms with Crippen molar-refractivity contribution in [2.24, 2.45) is 0 Å². The fraction of sp³-hybridized carbons (Fsp3) is 0.250. The lowest BCUT2D eigenvalue weighted by molar-refractivity contribution is 0.631. The molecule has 0 aromatic carbocycles. The summed E-state index contributed by atoms with van der Waals surface area (Å²) in [5.74, 6) is 0.890. The molecule has 0 saturated carbocycles. The molecular formula is C16H16BrN3S. The molecule has 0 radical (unpaired) electrons. The number of hydrogen-bond donors (Lipinski definition) is 1. The fourth-order valence-electron chi connectivity index (χ4n) is 2.09. The Morgan fingerprint density at radius 1 is 1.14 bits per heavy atom. The molecule has 0 aliphatic rings. The molecule has 0 bridgehead atoms. The number of pyridine rings is 2. The van der Waals surface area contributed by atoms with E-state index in [-0.39, 0.29) is 5.54 Å². The summed E-state index contributed by atoms with van der Waals surface area (Å²) < 4.78 is 2.24. The molecule has 0 atom stereocenters. The highest BCUT2D eigenvalue weighted by atomic mass is 79.9. The van der Waals surface area contributed by atoms with Gasteiger partial charge in [0.2, 0.25) is 0 Å². The average molecular weight is 362 g/mol. The van der Waals surface area contributed by atoms with Crippen LogP contribution in [0.25, 0.3) is 20.7 Å². The van der Waals surface area contributed by atoms with Gasteiger partial charge in [0.1, 0.15) is 5.82 Å². The Bertz CT molecular complexity index is 775. The van der Waals surface area contributed by atoms with E-state index in [2.05, 4.69) is 53.1 Å². The summed E-state index contributed by atoms with van der Waals surface area (Å²) in [6, 6.07) is 8.22. The monoisotopic (exact) mass is 361 g/mol. The van der Waals surface area contributed by atoms with Crippen molar-refractivity contribution < 1.29 is 0 Å². The predicted molar refractivity (Wildman–Crippen MR) is 93.9 cm³/mol. The van der Waals surface area contributed by atoms with Gasteiger partial charge in [-0.25, -0.2) is 4.98 Å². The van der Waals surface area contributed by atoms with Crippen LogP contribution in [-0.4, -0.2) is 15.5 Å². The molecule has 3 heterocycles. The molecule has 0 aliphatic carbocycles. The van der Waals surface area contributed by atoms with E-state index >= 15 is 0 Å². The number of nitrogens with zero attached hydrogens (tertiary/aromatic N) is 2. The molecule has 1 N–H and O–H groups in total. The maximum absolute atomic E-state index is 4.72. The van der Waals surface area contributed by atoms with Crippen LogP contribution in [0.3, 0.4) is 0 Å². The third-order valence-electron chi connectivity index (χ3n) is 2.90. The van der Waals surface area contributed by atoms with Crippen LogP contribution in [0.4, 0.5) is 5.82 Å². The Morgan fingerprint density at radius 2 is 1.86 bits per heavy atom. The molecule has 3 aromatic rings. The summed E-state index contributed by atoms with van der Waals surface area (Å²) in [6.45, 7) is 6.38. The minimum absolute atomic E-state index is 0.00985. The summed E-state index contributed by atoms with van der Waals surface area (Å²) in [7, 11) is 0. The number of hydrogen-bond acceptors (Lipinski definition) is 4. The lowest BCUT2D eigenvalue weighted by Gasteiger charge is -2.21. The number of halogens is 1. The Balaban J connectivity index is 2.07. The van der Waals surface area contributed by atoms with Gasteiger partial charge in [0, 0.05) is 27.3 Å². The molecule has 0 saturated heterocycles. The molecule has 3 nitrogen and oxygen atoms in total. The first-order valence-electron chi connectivity index (χ1n) is 6.71. The molecule has 5 heteroatoms. The predicted octanol–water partition coefficient (Wildman–Crippen LogP) is 5.33. The molecular weight excluding hydrogens is 346 g/mol. The highest BCUT2D eigenvalue weighted by molar-refractivity contribution is 9.10. The average Bonchev–Trinajstić information content (AvgIpc) is 2.82. The molecule has 0 spiro atoms. The fourth-order valence-corrected chi connectivity index (χ4v) is 3.76. The van der Waals surface area contributed by atoms with Crippen molar-refractivity contribution >= 4 is 43.3 Å². The third-order valence-corrected chi connectivity index (χ3v) is 5.00. The molecule has 0 amide bonds. The summed E-state index contributed by atoms with van der Waals surface area (Å²) in [4.78, 5) is 9.99. The lowest BCUT2D eigenvalue weighted by Crippen LogP contribution is -2.26. The third kappa shape index (κ3) is 3.24. The number of thiophene rings is 1. The van der Waals surface area contributed by atoms with Crippen LogP contribution in [-0.2, 0) is 0 Å². The lowest BCUT2D eigenvalue weighted by atomic mass is 10.1. The van der Waals surface area contributed by atoms with E-state index in [1.165, 1.54) is 15.1 Å². The molecule has 21 heavy (non-hydrogen) atoms. The molecule has 3 aromatic heterocycles. The molecule has 3 rings (SSSR count). The number of rotatable bonds is 2. The quantitative estimate of drug-likeness (QED) is 0.669. The zero-order valence-corrected chi connectivity index (χ0v) is 14.5. The van der Waals surface area contributed by atoms with Crippen LogP contribution >= 0.6 is 27.3 Å². The Kier molecular flexibility index (Phi) is 3.71. The van der Waals surface area contributed by atoms with E-state index in [0.29, 0.717) is 0 Å². The van der Waals surface area contributed by atoms with E-state index in [1.807, 2.05) is 30.6 Å². The van der Waals surface area contributed by atoms with Gasteiger partial charge in [-0.15, -0.1) is 11.3 Å². The van der Waals surface area contributed by atoms with E-state index in [0.717, 1.165) is 15.8 Å². The van der Waals surface area contributed by atoms with Gasteiger partial charge in [0.05, 0.1) is 10.2 Å². The zero-order valence-electron chi connectivity index (χ0n) is 12.1. The SMILES string of the molecule is CC(C)(C)Nc1cc(Br)c2sc(-c3ccncc3)cc2n1. The normalized spacial score (nSPS) is 11.8. The number of nitrogens with one attached hydrogen (secondary N) is 1. The van der Waals surface area contributed by atoms with Gasteiger partial charge in [-0.05, 0) is 66.5 Å². The van der Waals surface area contributed by atoms with Crippen molar-refractivity contribution in [3.8, 4) is 10.4 Å². The largest absolute Gasteiger partial charge is 0.365 e. The van der Waals surface area contributed by atoms with E-state index in [4.69, 9.17) is 4.98 Å². The van der Waals surface area contributed by atoms with Crippen molar-refractivity contribution in [1.82, 2.24) is 9.97 Å². The highest BCUT2D eigenvalue weighted by Gasteiger charge is 2.14. The van der Waals surface area contributed by atoms with Crippen LogP contribution in [0.5, 0.6) is 0 Å². The molecule has 0 unspecified atom stereocenters. The molecule has 108 valence electrons. The maximum atomic E-state index is 4.72. The van der Waals surface area contributed by atoms with Gasteiger partial charge < -0.3 is 5.32 Å². The molecule has 0 aliphatic heterocycles. The maximum Gasteiger partial charge on any atom is 0.128 e. The van der Waals surface area contributed by atoms with Crippen molar-refractivity contribution in [3.05, 3.63) is 41.1 Å². The first kappa shape index (κ1) is 14.5. The van der Waals surface area contributed by atoms with Crippen molar-refractivity contribution in [1.29, 1.82) is 0 Å². The van der Waals surface area contributed by atoms with E-state index in [1.54, 1.807) is 11.3 Å². The van der Waals surface area contributed by atoms with Gasteiger partial charge in [0.25, 0.3) is 0 Å². The number of fused-ring (bicyclic) bond motifs is 1. The van der Waals surface area contributed by atoms with Gasteiger partial charge >= 0.3 is 0 Å². The highest BCUT2D eigenvalue weighted by Crippen LogP contribution is 2.37. The van der Waals surface area contributed by atoms with Crippen LogP contribution in [0.1, 0.15) is 20.8 Å². The van der Waals surface area contributed by atoms with Crippen LogP contribution in [0.2, 0.25) is 0 Å². The van der Waals surface area contributed by atoms with Gasteiger partial charge in [-0.3, -0.25) is 4.98 Å². The van der Waals surface area contributed by atoms with Crippen molar-refractivity contribution in [3.63, 3.8) is 0 Å². The van der Waals surface area contributed by atoms with E-state index < -0.39 is 0 Å². The van der Waals surface area contributed by atoms with Crippen molar-refractivity contribution in [2.45, 2.75) is 26.3 Å². The summed E-state index contributed by atoms with van der Waals surface area (Å²) in [5.41, 5.74) is 2.17. The van der Waals surface area contributed by atoms with Crippen molar-refractivity contribution in [2.75, 3.05) is 5.32 Å². The Hall–Kier alpha value is -1.46. The summed E-state index contributed by atoms with van der Waals surface area (Å²) in [6.07, 6.45) is 3.63. The number of aromatic nitrogens is 2. The number of anilines is 1. The first-order valence-corrected chi connectivity index (χ1v) is 8.32. The molecule has 0 fully saturated rings. The van der Waals surface area contributed by atoms with Gasteiger partial charge in [-0.2, -0.15) is 0 Å². The van der Waals surface area contributed by atoms with Gasteiger partial charge in [0.15, 0.2) is 0 Å². The topological polar surface area (TPSA) is 37.8 Å². The second kappa shape index (κ2) is 5.39. The smallest absolute Gasteiger partial charge is 0.128 e. The van der Waals surface area contributed by atoms with Crippen LogP contribution < -0.4 is 5.32 Å². The Morgan fingerprint density at radius 3 is 2.52 bits per heavy atom. The standard InChI is InChI=1S/C16H16BrN3S/c1-16(2,3)20-14-8-11(17)15-12(19-14)9-13(21-15)10-4-6-18-7-5-10/h4-9H,1-3H3,(H,19,20). The van der Waals surface area contributed by atoms with E-state index in [9.17, 15) is 0 Å². The van der Waals surface area contributed by atoms with Crippen LogP contribution in [0.15, 0.2) is 41.1 Å². The minimum atomic E-state index is -0.00985. The summed E-state index contributed by atoms with van der Waals surface area (Å²) in [5, 5.41) is 3.42. The second-order valence-corrected chi connectivity index (χ2v) is 7.83. The second-order valence-electron chi connectivity index (χ2n) is 5.93. The Labute approximate surface area is 136 Å². The summed E-state index contributed by atoms with van der Waals surface area (Å²) >= 11 is 5.40. The zero-order chi connectivity index (χ0) is 15.0. The first-order chi connectivity index (χ1) is 9.92. The minimum Gasteiger partial charge on any atom is -0.365 e.